The molecule has 0 radical (unpaired) electrons. The number of anilines is 1. The predicted molar refractivity (Wildman–Crippen MR) is 112 cm³/mol. The lowest BCUT2D eigenvalue weighted by atomic mass is 9.96. The standard InChI is InChI=1S/C19H21Cl2N3O3S/c1-19(2,3)27-18(26)24-8-11(9-24)6-16(25)22-15-10-28-17(23-15)12-4-5-13(20)14(21)7-12/h4-5,7,10-11H,6,8-9H2,1-3H3,(H,22,25). The molecule has 1 aromatic carbocycles. The van der Waals surface area contributed by atoms with Gasteiger partial charge in [0.2, 0.25) is 5.91 Å². The van der Waals surface area contributed by atoms with Crippen LogP contribution in [0.15, 0.2) is 23.6 Å². The zero-order valence-electron chi connectivity index (χ0n) is 15.8. The minimum absolute atomic E-state index is 0.125. The molecule has 9 heteroatoms. The molecule has 1 saturated heterocycles. The molecule has 3 rings (SSSR count). The van der Waals surface area contributed by atoms with Crippen LogP contribution in [0.1, 0.15) is 27.2 Å². The minimum Gasteiger partial charge on any atom is -0.444 e. The van der Waals surface area contributed by atoms with Crippen molar-refractivity contribution < 1.29 is 14.3 Å². The molecule has 1 aliphatic rings. The molecule has 1 aliphatic heterocycles. The second kappa shape index (κ2) is 8.27. The van der Waals surface area contributed by atoms with Crippen LogP contribution in [0.3, 0.4) is 0 Å². The van der Waals surface area contributed by atoms with E-state index in [1.807, 2.05) is 26.8 Å². The Balaban J connectivity index is 1.48. The van der Waals surface area contributed by atoms with Gasteiger partial charge in [-0.2, -0.15) is 0 Å². The molecule has 0 bridgehead atoms. The van der Waals surface area contributed by atoms with Gasteiger partial charge in [-0.25, -0.2) is 9.78 Å². The molecule has 1 aromatic heterocycles. The summed E-state index contributed by atoms with van der Waals surface area (Å²) in [5.74, 6) is 0.500. The second-order valence-electron chi connectivity index (χ2n) is 7.67. The number of halogens is 2. The molecular weight excluding hydrogens is 421 g/mol. The van der Waals surface area contributed by atoms with Crippen LogP contribution in [-0.2, 0) is 9.53 Å². The average Bonchev–Trinajstić information content (AvgIpc) is 2.99. The van der Waals surface area contributed by atoms with Crippen LogP contribution < -0.4 is 5.32 Å². The van der Waals surface area contributed by atoms with E-state index in [2.05, 4.69) is 10.3 Å². The van der Waals surface area contributed by atoms with Gasteiger partial charge in [-0.1, -0.05) is 29.3 Å². The molecule has 6 nitrogen and oxygen atoms in total. The molecule has 150 valence electrons. The molecule has 2 aromatic rings. The lowest BCUT2D eigenvalue weighted by Gasteiger charge is -2.39. The Morgan fingerprint density at radius 2 is 2.00 bits per heavy atom. The van der Waals surface area contributed by atoms with E-state index in [4.69, 9.17) is 27.9 Å². The molecule has 2 heterocycles. The highest BCUT2D eigenvalue weighted by Crippen LogP contribution is 2.31. The Morgan fingerprint density at radius 1 is 1.29 bits per heavy atom. The minimum atomic E-state index is -0.518. The van der Waals surface area contributed by atoms with E-state index >= 15 is 0 Å². The lowest BCUT2D eigenvalue weighted by Crippen LogP contribution is -2.52. The van der Waals surface area contributed by atoms with Crippen molar-refractivity contribution in [2.45, 2.75) is 32.8 Å². The number of benzene rings is 1. The van der Waals surface area contributed by atoms with Gasteiger partial charge in [-0.05, 0) is 32.9 Å². The summed E-state index contributed by atoms with van der Waals surface area (Å²) in [4.78, 5) is 30.2. The molecule has 0 aliphatic carbocycles. The number of amides is 2. The van der Waals surface area contributed by atoms with Gasteiger partial charge in [0.05, 0.1) is 10.0 Å². The van der Waals surface area contributed by atoms with Crippen molar-refractivity contribution in [1.29, 1.82) is 0 Å². The van der Waals surface area contributed by atoms with Gasteiger partial charge < -0.3 is 15.0 Å². The monoisotopic (exact) mass is 441 g/mol. The highest BCUT2D eigenvalue weighted by Gasteiger charge is 2.34. The van der Waals surface area contributed by atoms with Crippen LogP contribution >= 0.6 is 34.5 Å². The number of nitrogens with one attached hydrogen (secondary N) is 1. The number of likely N-dealkylation sites (tertiary alicyclic amines) is 1. The van der Waals surface area contributed by atoms with Crippen molar-refractivity contribution >= 4 is 52.4 Å². The van der Waals surface area contributed by atoms with E-state index in [9.17, 15) is 9.59 Å². The normalized spacial score (nSPS) is 14.5. The van der Waals surface area contributed by atoms with Crippen LogP contribution in [0, 0.1) is 5.92 Å². The van der Waals surface area contributed by atoms with Gasteiger partial charge in [0.25, 0.3) is 0 Å². The van der Waals surface area contributed by atoms with E-state index in [-0.39, 0.29) is 17.9 Å². The summed E-state index contributed by atoms with van der Waals surface area (Å²) < 4.78 is 5.31. The molecule has 0 atom stereocenters. The van der Waals surface area contributed by atoms with Crippen molar-refractivity contribution in [1.82, 2.24) is 9.88 Å². The molecular formula is C19H21Cl2N3O3S. The number of hydrogen-bond acceptors (Lipinski definition) is 5. The maximum absolute atomic E-state index is 12.2. The SMILES string of the molecule is CC(C)(C)OC(=O)N1CC(CC(=O)Nc2csc(-c3ccc(Cl)c(Cl)c3)n2)C1. The van der Waals surface area contributed by atoms with E-state index in [1.54, 1.807) is 22.4 Å². The molecule has 28 heavy (non-hydrogen) atoms. The first kappa shape index (κ1) is 20.9. The number of thiazole rings is 1. The predicted octanol–water partition coefficient (Wildman–Crippen LogP) is 5.31. The second-order valence-corrected chi connectivity index (χ2v) is 9.34. The van der Waals surface area contributed by atoms with Gasteiger partial charge in [-0.3, -0.25) is 4.79 Å². The van der Waals surface area contributed by atoms with Crippen LogP contribution in [0.25, 0.3) is 10.6 Å². The average molecular weight is 442 g/mol. The molecule has 0 unspecified atom stereocenters. The molecule has 1 fully saturated rings. The highest BCUT2D eigenvalue weighted by molar-refractivity contribution is 7.13. The highest BCUT2D eigenvalue weighted by atomic mass is 35.5. The van der Waals surface area contributed by atoms with Crippen molar-refractivity contribution in [2.24, 2.45) is 5.92 Å². The van der Waals surface area contributed by atoms with E-state index in [0.29, 0.717) is 35.4 Å². The fourth-order valence-electron chi connectivity index (χ4n) is 2.72. The van der Waals surface area contributed by atoms with Crippen LogP contribution in [0.4, 0.5) is 10.6 Å². The maximum atomic E-state index is 12.2. The summed E-state index contributed by atoms with van der Waals surface area (Å²) in [6.45, 7) is 6.53. The largest absolute Gasteiger partial charge is 0.444 e. The van der Waals surface area contributed by atoms with Gasteiger partial charge in [0, 0.05) is 36.4 Å². The molecule has 0 spiro atoms. The zero-order valence-corrected chi connectivity index (χ0v) is 18.1. The third-order valence-corrected chi connectivity index (χ3v) is 5.65. The van der Waals surface area contributed by atoms with Gasteiger partial charge in [-0.15, -0.1) is 11.3 Å². The van der Waals surface area contributed by atoms with Crippen LogP contribution in [0.2, 0.25) is 10.0 Å². The Bertz CT molecular complexity index is 889. The summed E-state index contributed by atoms with van der Waals surface area (Å²) >= 11 is 13.4. The Hall–Kier alpha value is -1.83. The smallest absolute Gasteiger partial charge is 0.410 e. The number of hydrogen-bond donors (Lipinski definition) is 1. The van der Waals surface area contributed by atoms with E-state index < -0.39 is 5.60 Å². The third-order valence-electron chi connectivity index (χ3n) is 4.02. The maximum Gasteiger partial charge on any atom is 0.410 e. The number of ether oxygens (including phenoxy) is 1. The van der Waals surface area contributed by atoms with Crippen molar-refractivity contribution in [2.75, 3.05) is 18.4 Å². The number of aromatic nitrogens is 1. The van der Waals surface area contributed by atoms with Crippen molar-refractivity contribution in [3.8, 4) is 10.6 Å². The third kappa shape index (κ3) is 5.37. The molecule has 0 saturated carbocycles. The number of carbonyl (C=O) groups excluding carboxylic acids is 2. The van der Waals surface area contributed by atoms with Gasteiger partial charge in [0.1, 0.15) is 16.4 Å². The Morgan fingerprint density at radius 3 is 2.64 bits per heavy atom. The summed E-state index contributed by atoms with van der Waals surface area (Å²) in [7, 11) is 0. The fraction of sp³-hybridized carbons (Fsp3) is 0.421. The Kier molecular flexibility index (Phi) is 6.17. The number of rotatable bonds is 4. The zero-order chi connectivity index (χ0) is 20.5. The van der Waals surface area contributed by atoms with Gasteiger partial charge in [0.15, 0.2) is 0 Å². The van der Waals surface area contributed by atoms with E-state index in [0.717, 1.165) is 10.6 Å². The van der Waals surface area contributed by atoms with Crippen LogP contribution in [0.5, 0.6) is 0 Å². The molecule has 2 amide bonds. The lowest BCUT2D eigenvalue weighted by molar-refractivity contribution is -0.118. The number of carbonyl (C=O) groups is 2. The topological polar surface area (TPSA) is 71.5 Å². The summed E-state index contributed by atoms with van der Waals surface area (Å²) in [6.07, 6.45) is -0.00576. The fourth-order valence-corrected chi connectivity index (χ4v) is 3.77. The van der Waals surface area contributed by atoms with Crippen molar-refractivity contribution in [3.05, 3.63) is 33.6 Å². The van der Waals surface area contributed by atoms with Gasteiger partial charge >= 0.3 is 6.09 Å². The Labute approximate surface area is 177 Å². The summed E-state index contributed by atoms with van der Waals surface area (Å²) in [6, 6.07) is 5.29. The quantitative estimate of drug-likeness (QED) is 0.697. The first-order valence-corrected chi connectivity index (χ1v) is 10.4. The number of nitrogens with zero attached hydrogens (tertiary/aromatic N) is 2. The van der Waals surface area contributed by atoms with Crippen molar-refractivity contribution in [3.63, 3.8) is 0 Å². The van der Waals surface area contributed by atoms with E-state index in [1.165, 1.54) is 11.3 Å². The summed E-state index contributed by atoms with van der Waals surface area (Å²) in [5, 5.41) is 6.27. The summed E-state index contributed by atoms with van der Waals surface area (Å²) in [5.41, 5.74) is 0.322. The van der Waals surface area contributed by atoms with Crippen LogP contribution in [-0.4, -0.2) is 40.6 Å². The molecule has 1 N–H and O–H groups in total. The first-order valence-electron chi connectivity index (χ1n) is 8.79. The first-order chi connectivity index (χ1) is 13.1.